The first-order valence-electron chi connectivity index (χ1n) is 10.2. The maximum atomic E-state index is 13.4. The molecular weight excluding hydrogens is 331 g/mol. The van der Waals surface area contributed by atoms with Crippen LogP contribution in [0.4, 0.5) is 4.39 Å². The van der Waals surface area contributed by atoms with Crippen LogP contribution in [-0.2, 0) is 16.0 Å². The van der Waals surface area contributed by atoms with Crippen molar-refractivity contribution in [2.75, 3.05) is 46.0 Å². The highest BCUT2D eigenvalue weighted by Crippen LogP contribution is 2.36. The lowest BCUT2D eigenvalue weighted by Crippen LogP contribution is -2.51. The van der Waals surface area contributed by atoms with Crippen LogP contribution in [0.25, 0.3) is 0 Å². The molecule has 3 aliphatic rings. The molecule has 1 atom stereocenters. The Morgan fingerprint density at radius 2 is 1.96 bits per heavy atom. The van der Waals surface area contributed by atoms with Crippen LogP contribution in [0, 0.1) is 5.82 Å². The summed E-state index contributed by atoms with van der Waals surface area (Å²) in [6.07, 6.45) is 5.57. The highest BCUT2D eigenvalue weighted by molar-refractivity contribution is 5.16. The molecule has 3 fully saturated rings. The van der Waals surface area contributed by atoms with Gasteiger partial charge >= 0.3 is 0 Å². The molecular formula is C21H31FN2O2. The molecule has 0 aliphatic carbocycles. The minimum absolute atomic E-state index is 0.0642. The SMILES string of the molecule is Fc1cccc(CN2CCCN([C@H]3CCOC4(CCOCC4)C3)CC2)c1. The third kappa shape index (κ3) is 4.45. The number of halogens is 1. The van der Waals surface area contributed by atoms with E-state index >= 15 is 0 Å². The van der Waals surface area contributed by atoms with Crippen molar-refractivity contribution in [1.29, 1.82) is 0 Å². The Hall–Kier alpha value is -1.01. The predicted molar refractivity (Wildman–Crippen MR) is 99.6 cm³/mol. The number of hydrogen-bond acceptors (Lipinski definition) is 4. The molecule has 1 spiro atoms. The van der Waals surface area contributed by atoms with Gasteiger partial charge in [-0.25, -0.2) is 4.39 Å². The Bertz CT molecular complexity index is 586. The van der Waals surface area contributed by atoms with E-state index in [2.05, 4.69) is 9.80 Å². The zero-order valence-corrected chi connectivity index (χ0v) is 15.7. The molecule has 3 aliphatic heterocycles. The molecule has 144 valence electrons. The van der Waals surface area contributed by atoms with Gasteiger partial charge in [-0.3, -0.25) is 9.80 Å². The normalized spacial score (nSPS) is 28.1. The van der Waals surface area contributed by atoms with E-state index in [4.69, 9.17) is 9.47 Å². The van der Waals surface area contributed by atoms with E-state index in [1.807, 2.05) is 12.1 Å². The Balaban J connectivity index is 1.33. The molecule has 0 bridgehead atoms. The van der Waals surface area contributed by atoms with Gasteiger partial charge in [0, 0.05) is 45.5 Å². The van der Waals surface area contributed by atoms with Gasteiger partial charge in [-0.15, -0.1) is 0 Å². The fraction of sp³-hybridized carbons (Fsp3) is 0.714. The van der Waals surface area contributed by atoms with Crippen LogP contribution < -0.4 is 0 Å². The maximum absolute atomic E-state index is 13.4. The number of ether oxygens (including phenoxy) is 2. The number of rotatable bonds is 3. The zero-order valence-electron chi connectivity index (χ0n) is 15.7. The smallest absolute Gasteiger partial charge is 0.123 e. The monoisotopic (exact) mass is 362 g/mol. The van der Waals surface area contributed by atoms with Crippen molar-refractivity contribution < 1.29 is 13.9 Å². The summed E-state index contributed by atoms with van der Waals surface area (Å²) in [6.45, 7) is 7.83. The Morgan fingerprint density at radius 1 is 1.08 bits per heavy atom. The number of hydrogen-bond donors (Lipinski definition) is 0. The summed E-state index contributed by atoms with van der Waals surface area (Å²) in [4.78, 5) is 5.16. The summed E-state index contributed by atoms with van der Waals surface area (Å²) in [5.41, 5.74) is 1.14. The summed E-state index contributed by atoms with van der Waals surface area (Å²) >= 11 is 0. The van der Waals surface area contributed by atoms with Crippen molar-refractivity contribution in [2.45, 2.75) is 50.3 Å². The largest absolute Gasteiger partial charge is 0.381 e. The standard InChI is InChI=1S/C21H31FN2O2/c22-19-4-1-3-18(15-19)17-23-8-2-9-24(11-10-23)20-5-12-26-21(16-20)6-13-25-14-7-21/h1,3-4,15,20H,2,5-14,16-17H2/t20-/m0/s1. The van der Waals surface area contributed by atoms with Crippen LogP contribution in [0.2, 0.25) is 0 Å². The Morgan fingerprint density at radius 3 is 2.81 bits per heavy atom. The van der Waals surface area contributed by atoms with Crippen molar-refractivity contribution in [3.05, 3.63) is 35.6 Å². The van der Waals surface area contributed by atoms with Gasteiger partial charge in [-0.2, -0.15) is 0 Å². The average Bonchev–Trinajstić information content (AvgIpc) is 2.88. The first kappa shape index (κ1) is 18.4. The summed E-state index contributed by atoms with van der Waals surface area (Å²) in [7, 11) is 0. The molecule has 3 heterocycles. The van der Waals surface area contributed by atoms with E-state index in [1.54, 1.807) is 6.07 Å². The lowest BCUT2D eigenvalue weighted by Gasteiger charge is -2.46. The minimum Gasteiger partial charge on any atom is -0.381 e. The van der Waals surface area contributed by atoms with E-state index < -0.39 is 0 Å². The van der Waals surface area contributed by atoms with E-state index in [0.717, 1.165) is 83.8 Å². The predicted octanol–water partition coefficient (Wildman–Crippen LogP) is 3.06. The summed E-state index contributed by atoms with van der Waals surface area (Å²) in [6, 6.07) is 7.65. The van der Waals surface area contributed by atoms with Crippen molar-refractivity contribution in [3.63, 3.8) is 0 Å². The quantitative estimate of drug-likeness (QED) is 0.825. The Kier molecular flexibility index (Phi) is 5.89. The molecule has 26 heavy (non-hydrogen) atoms. The first-order chi connectivity index (χ1) is 12.7. The molecule has 0 unspecified atom stereocenters. The van der Waals surface area contributed by atoms with E-state index in [1.165, 1.54) is 12.5 Å². The van der Waals surface area contributed by atoms with Gasteiger partial charge in [0.2, 0.25) is 0 Å². The van der Waals surface area contributed by atoms with Gasteiger partial charge in [-0.05, 0) is 62.9 Å². The Labute approximate surface area is 156 Å². The lowest BCUT2D eigenvalue weighted by atomic mass is 9.83. The third-order valence-corrected chi connectivity index (χ3v) is 6.31. The second kappa shape index (κ2) is 8.34. The first-order valence-corrected chi connectivity index (χ1v) is 10.2. The second-order valence-electron chi connectivity index (χ2n) is 8.09. The van der Waals surface area contributed by atoms with E-state index in [-0.39, 0.29) is 11.4 Å². The van der Waals surface area contributed by atoms with Crippen LogP contribution >= 0.6 is 0 Å². The second-order valence-corrected chi connectivity index (χ2v) is 8.09. The molecule has 0 amide bonds. The minimum atomic E-state index is -0.136. The van der Waals surface area contributed by atoms with Gasteiger partial charge in [0.1, 0.15) is 5.82 Å². The molecule has 4 nitrogen and oxygen atoms in total. The van der Waals surface area contributed by atoms with Crippen molar-refractivity contribution >= 4 is 0 Å². The molecule has 0 aromatic heterocycles. The molecule has 1 aromatic rings. The number of nitrogens with zero attached hydrogens (tertiary/aromatic N) is 2. The lowest BCUT2D eigenvalue weighted by molar-refractivity contribution is -0.151. The van der Waals surface area contributed by atoms with Crippen LogP contribution in [0.3, 0.4) is 0 Å². The van der Waals surface area contributed by atoms with Crippen LogP contribution in [-0.4, -0.2) is 67.4 Å². The van der Waals surface area contributed by atoms with Gasteiger partial charge in [0.05, 0.1) is 5.60 Å². The van der Waals surface area contributed by atoms with E-state index in [0.29, 0.717) is 6.04 Å². The highest BCUT2D eigenvalue weighted by atomic mass is 19.1. The molecule has 0 radical (unpaired) electrons. The fourth-order valence-corrected chi connectivity index (χ4v) is 4.81. The summed E-state index contributed by atoms with van der Waals surface area (Å²) in [5, 5.41) is 0. The zero-order chi connectivity index (χ0) is 17.8. The molecule has 0 saturated carbocycles. The van der Waals surface area contributed by atoms with Gasteiger partial charge in [-0.1, -0.05) is 12.1 Å². The van der Waals surface area contributed by atoms with Gasteiger partial charge in [0.25, 0.3) is 0 Å². The fourth-order valence-electron chi connectivity index (χ4n) is 4.81. The molecule has 4 rings (SSSR count). The van der Waals surface area contributed by atoms with Crippen LogP contribution in [0.5, 0.6) is 0 Å². The maximum Gasteiger partial charge on any atom is 0.123 e. The molecule has 5 heteroatoms. The highest BCUT2D eigenvalue weighted by Gasteiger charge is 2.40. The number of benzene rings is 1. The van der Waals surface area contributed by atoms with Gasteiger partial charge in [0.15, 0.2) is 0 Å². The molecule has 0 N–H and O–H groups in total. The molecule has 3 saturated heterocycles. The van der Waals surface area contributed by atoms with Crippen LogP contribution in [0.1, 0.15) is 37.7 Å². The molecule has 1 aromatic carbocycles. The van der Waals surface area contributed by atoms with Gasteiger partial charge < -0.3 is 9.47 Å². The van der Waals surface area contributed by atoms with E-state index in [9.17, 15) is 4.39 Å². The van der Waals surface area contributed by atoms with Crippen molar-refractivity contribution in [1.82, 2.24) is 9.80 Å². The van der Waals surface area contributed by atoms with Crippen LogP contribution in [0.15, 0.2) is 24.3 Å². The van der Waals surface area contributed by atoms with Crippen molar-refractivity contribution in [3.8, 4) is 0 Å². The van der Waals surface area contributed by atoms with Crippen molar-refractivity contribution in [2.24, 2.45) is 0 Å². The average molecular weight is 362 g/mol. The topological polar surface area (TPSA) is 24.9 Å². The third-order valence-electron chi connectivity index (χ3n) is 6.31. The summed E-state index contributed by atoms with van der Waals surface area (Å²) in [5.74, 6) is -0.136. The summed E-state index contributed by atoms with van der Waals surface area (Å²) < 4.78 is 25.2.